The Morgan fingerprint density at radius 1 is 1.30 bits per heavy atom. The van der Waals surface area contributed by atoms with Gasteiger partial charge in [-0.05, 0) is 0 Å². The first kappa shape index (κ1) is 16.0. The fourth-order valence-corrected chi connectivity index (χ4v) is 2.23. The van der Waals surface area contributed by atoms with Crippen LogP contribution >= 0.6 is 0 Å². The first-order valence-corrected chi connectivity index (χ1v) is 6.86. The molecule has 3 rings (SSSR count). The van der Waals surface area contributed by atoms with Crippen LogP contribution in [0.25, 0.3) is 11.2 Å². The molecule has 1 unspecified atom stereocenters. The Hall–Kier alpha value is -1.89. The molecular weight excluding hydrogens is 310 g/mol. The van der Waals surface area contributed by atoms with Crippen LogP contribution in [0.3, 0.4) is 0 Å². The normalized spacial score (nSPS) is 27.7. The van der Waals surface area contributed by atoms with Crippen LogP contribution < -0.4 is 5.06 Å². The predicted molar refractivity (Wildman–Crippen MR) is 74.9 cm³/mol. The van der Waals surface area contributed by atoms with Gasteiger partial charge in [0.2, 0.25) is 0 Å². The SMILES string of the molecule is CN(OCOC1O[C@H](CO)[C@@H](O)[C@@H]1O)c1ncnc2nc[nH]c12. The number of aliphatic hydroxyl groups is 3. The van der Waals surface area contributed by atoms with E-state index in [0.717, 1.165) is 0 Å². The number of imidazole rings is 1. The lowest BCUT2D eigenvalue weighted by Gasteiger charge is -2.20. The van der Waals surface area contributed by atoms with Crippen LogP contribution in [0.2, 0.25) is 0 Å². The number of hydrogen-bond donors (Lipinski definition) is 4. The van der Waals surface area contributed by atoms with E-state index in [1.165, 1.54) is 17.7 Å². The third-order valence-corrected chi connectivity index (χ3v) is 3.48. The minimum absolute atomic E-state index is 0.261. The second-order valence-electron chi connectivity index (χ2n) is 4.92. The lowest BCUT2D eigenvalue weighted by Crippen LogP contribution is -2.35. The molecule has 11 heteroatoms. The van der Waals surface area contributed by atoms with Crippen LogP contribution in [0, 0.1) is 0 Å². The molecule has 1 aliphatic rings. The number of aromatic amines is 1. The number of nitrogens with one attached hydrogen (secondary N) is 1. The van der Waals surface area contributed by atoms with Gasteiger partial charge in [-0.1, -0.05) is 0 Å². The van der Waals surface area contributed by atoms with Crippen molar-refractivity contribution in [3.63, 3.8) is 0 Å². The molecule has 2 aromatic rings. The lowest BCUT2D eigenvalue weighted by molar-refractivity contribution is -0.214. The van der Waals surface area contributed by atoms with Gasteiger partial charge in [-0.15, -0.1) is 0 Å². The van der Waals surface area contributed by atoms with E-state index in [4.69, 9.17) is 19.4 Å². The third kappa shape index (κ3) is 3.10. The molecule has 126 valence electrons. The Bertz CT molecular complexity index is 654. The average molecular weight is 327 g/mol. The molecular formula is C12H17N5O6. The van der Waals surface area contributed by atoms with Crippen molar-refractivity contribution in [2.24, 2.45) is 0 Å². The van der Waals surface area contributed by atoms with Gasteiger partial charge in [-0.25, -0.2) is 24.9 Å². The zero-order valence-corrected chi connectivity index (χ0v) is 12.2. The molecule has 0 bridgehead atoms. The number of nitrogens with zero attached hydrogens (tertiary/aromatic N) is 4. The Balaban J connectivity index is 1.56. The topological polar surface area (TPSA) is 146 Å². The van der Waals surface area contributed by atoms with Gasteiger partial charge in [-0.3, -0.25) is 0 Å². The fourth-order valence-electron chi connectivity index (χ4n) is 2.23. The van der Waals surface area contributed by atoms with E-state index in [2.05, 4.69) is 19.9 Å². The molecule has 1 fully saturated rings. The van der Waals surface area contributed by atoms with E-state index in [9.17, 15) is 10.2 Å². The summed E-state index contributed by atoms with van der Waals surface area (Å²) in [6, 6.07) is 0. The fraction of sp³-hybridized carbons (Fsp3) is 0.583. The maximum Gasteiger partial charge on any atom is 0.189 e. The molecule has 3 heterocycles. The molecule has 0 saturated carbocycles. The van der Waals surface area contributed by atoms with Gasteiger partial charge in [0.05, 0.1) is 12.9 Å². The molecule has 23 heavy (non-hydrogen) atoms. The number of aromatic nitrogens is 4. The van der Waals surface area contributed by atoms with Gasteiger partial charge in [0.15, 0.2) is 24.5 Å². The number of rotatable bonds is 6. The molecule has 11 nitrogen and oxygen atoms in total. The van der Waals surface area contributed by atoms with Gasteiger partial charge in [-0.2, -0.15) is 0 Å². The Morgan fingerprint density at radius 3 is 2.87 bits per heavy atom. The number of hydroxylamine groups is 1. The standard InChI is InChI=1S/C12H17N5O6/c1-17(11-7-10(14-3-13-7)15-4-16-11)22-5-21-12-9(20)8(19)6(2-18)23-12/h3-4,6,8-9,12,18-20H,2,5H2,1H3,(H,13,14,15,16)/t6-,8-,9+,12?/m1/s1. The Morgan fingerprint density at radius 2 is 2.13 bits per heavy atom. The van der Waals surface area contributed by atoms with E-state index in [-0.39, 0.29) is 6.79 Å². The first-order valence-electron chi connectivity index (χ1n) is 6.86. The summed E-state index contributed by atoms with van der Waals surface area (Å²) in [7, 11) is 1.61. The van der Waals surface area contributed by atoms with Crippen LogP contribution in [-0.4, -0.2) is 80.3 Å². The molecule has 1 aliphatic heterocycles. The summed E-state index contributed by atoms with van der Waals surface area (Å²) in [5, 5.41) is 29.7. The summed E-state index contributed by atoms with van der Waals surface area (Å²) in [4.78, 5) is 20.4. The Kier molecular flexibility index (Phi) is 4.66. The summed E-state index contributed by atoms with van der Waals surface area (Å²) in [6.45, 7) is -0.680. The maximum atomic E-state index is 9.74. The average Bonchev–Trinajstić information content (AvgIpc) is 3.14. The number of fused-ring (bicyclic) bond motifs is 1. The second-order valence-corrected chi connectivity index (χ2v) is 4.92. The van der Waals surface area contributed by atoms with Crippen molar-refractivity contribution in [2.75, 3.05) is 25.5 Å². The van der Waals surface area contributed by atoms with E-state index in [0.29, 0.717) is 17.0 Å². The molecule has 2 aromatic heterocycles. The third-order valence-electron chi connectivity index (χ3n) is 3.48. The predicted octanol–water partition coefficient (Wildman–Crippen LogP) is -1.87. The van der Waals surface area contributed by atoms with Crippen LogP contribution in [0.5, 0.6) is 0 Å². The van der Waals surface area contributed by atoms with Gasteiger partial charge in [0.1, 0.15) is 30.2 Å². The number of hydrogen-bond acceptors (Lipinski definition) is 10. The van der Waals surface area contributed by atoms with Gasteiger partial charge < -0.3 is 29.8 Å². The molecule has 4 N–H and O–H groups in total. The molecule has 0 aliphatic carbocycles. The second kappa shape index (κ2) is 6.70. The minimum Gasteiger partial charge on any atom is -0.394 e. The molecule has 1 saturated heterocycles. The summed E-state index contributed by atoms with van der Waals surface area (Å²) < 4.78 is 10.4. The van der Waals surface area contributed by atoms with Crippen LogP contribution in [0.1, 0.15) is 0 Å². The number of H-pyrrole nitrogens is 1. The maximum absolute atomic E-state index is 9.74. The Labute approximate surface area is 130 Å². The smallest absolute Gasteiger partial charge is 0.189 e. The first-order chi connectivity index (χ1) is 11.1. The summed E-state index contributed by atoms with van der Waals surface area (Å²) >= 11 is 0. The van der Waals surface area contributed by atoms with Crippen molar-refractivity contribution in [3.8, 4) is 0 Å². The molecule has 4 atom stereocenters. The summed E-state index contributed by atoms with van der Waals surface area (Å²) in [5.74, 6) is 0.456. The highest BCUT2D eigenvalue weighted by molar-refractivity contribution is 5.81. The van der Waals surface area contributed by atoms with Crippen molar-refractivity contribution < 1.29 is 29.6 Å². The molecule has 0 aromatic carbocycles. The van der Waals surface area contributed by atoms with E-state index in [1.807, 2.05) is 0 Å². The highest BCUT2D eigenvalue weighted by Crippen LogP contribution is 2.22. The molecule has 0 spiro atoms. The number of aliphatic hydroxyl groups excluding tert-OH is 3. The van der Waals surface area contributed by atoms with Gasteiger partial charge in [0.25, 0.3) is 0 Å². The van der Waals surface area contributed by atoms with Crippen molar-refractivity contribution in [2.45, 2.75) is 24.6 Å². The number of ether oxygens (including phenoxy) is 2. The van der Waals surface area contributed by atoms with Crippen molar-refractivity contribution >= 4 is 17.0 Å². The van der Waals surface area contributed by atoms with Crippen molar-refractivity contribution in [1.82, 2.24) is 19.9 Å². The van der Waals surface area contributed by atoms with E-state index >= 15 is 0 Å². The van der Waals surface area contributed by atoms with Crippen molar-refractivity contribution in [1.29, 1.82) is 0 Å². The van der Waals surface area contributed by atoms with Crippen LogP contribution in [-0.2, 0) is 14.3 Å². The monoisotopic (exact) mass is 327 g/mol. The zero-order chi connectivity index (χ0) is 16.4. The summed E-state index contributed by atoms with van der Waals surface area (Å²) in [6.07, 6.45) is -1.61. The van der Waals surface area contributed by atoms with E-state index < -0.39 is 31.2 Å². The summed E-state index contributed by atoms with van der Waals surface area (Å²) in [5.41, 5.74) is 1.10. The molecule has 0 radical (unpaired) electrons. The van der Waals surface area contributed by atoms with E-state index in [1.54, 1.807) is 7.05 Å². The largest absolute Gasteiger partial charge is 0.394 e. The number of anilines is 1. The highest BCUT2D eigenvalue weighted by atomic mass is 16.8. The van der Waals surface area contributed by atoms with Crippen LogP contribution in [0.15, 0.2) is 12.7 Å². The van der Waals surface area contributed by atoms with Crippen molar-refractivity contribution in [3.05, 3.63) is 12.7 Å². The van der Waals surface area contributed by atoms with Gasteiger partial charge in [0, 0.05) is 7.05 Å². The molecule has 0 amide bonds. The van der Waals surface area contributed by atoms with Crippen LogP contribution in [0.4, 0.5) is 5.82 Å². The minimum atomic E-state index is -1.26. The quantitative estimate of drug-likeness (QED) is 0.351. The zero-order valence-electron chi connectivity index (χ0n) is 12.2. The lowest BCUT2D eigenvalue weighted by atomic mass is 10.1. The highest BCUT2D eigenvalue weighted by Gasteiger charge is 2.43. The van der Waals surface area contributed by atoms with Gasteiger partial charge >= 0.3 is 0 Å².